The van der Waals surface area contributed by atoms with E-state index in [0.717, 1.165) is 5.92 Å². The van der Waals surface area contributed by atoms with Crippen molar-refractivity contribution in [2.75, 3.05) is 0 Å². The Labute approximate surface area is 94.9 Å². The summed E-state index contributed by atoms with van der Waals surface area (Å²) >= 11 is 4.11. The molecule has 0 fully saturated rings. The predicted molar refractivity (Wildman–Crippen MR) is 68.6 cm³/mol. The van der Waals surface area contributed by atoms with Crippen LogP contribution in [0, 0.1) is 11.8 Å². The molecule has 0 rings (SSSR count). The molecule has 0 bridgehead atoms. The van der Waals surface area contributed by atoms with E-state index in [4.69, 9.17) is 0 Å². The minimum Gasteiger partial charge on any atom is -0.264 e. The van der Waals surface area contributed by atoms with Crippen molar-refractivity contribution in [1.82, 2.24) is 4.72 Å². The molecular formula is C12H25NS. The molecule has 3 atom stereocenters. The van der Waals surface area contributed by atoms with E-state index in [1.54, 1.807) is 0 Å². The van der Waals surface area contributed by atoms with E-state index < -0.39 is 0 Å². The second kappa shape index (κ2) is 8.37. The van der Waals surface area contributed by atoms with Crippen molar-refractivity contribution in [3.8, 4) is 0 Å². The highest BCUT2D eigenvalue weighted by Crippen LogP contribution is 2.24. The van der Waals surface area contributed by atoms with Crippen LogP contribution in [0.1, 0.15) is 47.0 Å². The average molecular weight is 215 g/mol. The molecule has 0 saturated heterocycles. The van der Waals surface area contributed by atoms with E-state index in [2.05, 4.69) is 57.4 Å². The number of rotatable bonds is 7. The second-order valence-corrected chi connectivity index (χ2v) is 4.46. The standard InChI is InChI=1S/C12H25NS/c1-5-7-10(3)12(8-6-2)9-11(4)13-14/h5,7,10-14H,6,8-9H2,1-4H3. The molecule has 14 heavy (non-hydrogen) atoms. The van der Waals surface area contributed by atoms with E-state index in [0.29, 0.717) is 12.0 Å². The quantitative estimate of drug-likeness (QED) is 0.486. The van der Waals surface area contributed by atoms with Gasteiger partial charge >= 0.3 is 0 Å². The van der Waals surface area contributed by atoms with Gasteiger partial charge in [-0.15, -0.1) is 0 Å². The monoisotopic (exact) mass is 215 g/mol. The zero-order valence-corrected chi connectivity index (χ0v) is 10.8. The number of hydrogen-bond donors (Lipinski definition) is 2. The lowest BCUT2D eigenvalue weighted by Crippen LogP contribution is -2.23. The van der Waals surface area contributed by atoms with Crippen LogP contribution in [0.3, 0.4) is 0 Å². The molecule has 1 N–H and O–H groups in total. The number of hydrogen-bond acceptors (Lipinski definition) is 2. The molecule has 0 aliphatic rings. The van der Waals surface area contributed by atoms with Crippen LogP contribution in [0.5, 0.6) is 0 Å². The zero-order chi connectivity index (χ0) is 11.0. The van der Waals surface area contributed by atoms with Gasteiger partial charge in [-0.25, -0.2) is 0 Å². The highest BCUT2D eigenvalue weighted by molar-refractivity contribution is 7.78. The van der Waals surface area contributed by atoms with Crippen LogP contribution in [0.25, 0.3) is 0 Å². The summed E-state index contributed by atoms with van der Waals surface area (Å²) in [7, 11) is 0. The first-order valence-corrected chi connectivity index (χ1v) is 6.12. The maximum Gasteiger partial charge on any atom is 0.0144 e. The van der Waals surface area contributed by atoms with Gasteiger partial charge in [-0.1, -0.05) is 51.7 Å². The van der Waals surface area contributed by atoms with E-state index in [-0.39, 0.29) is 0 Å². The Hall–Kier alpha value is 0.0500. The predicted octanol–water partition coefficient (Wildman–Crippen LogP) is 3.83. The van der Waals surface area contributed by atoms with Gasteiger partial charge in [-0.05, 0) is 32.1 Å². The summed E-state index contributed by atoms with van der Waals surface area (Å²) in [4.78, 5) is 0. The molecule has 2 heteroatoms. The van der Waals surface area contributed by atoms with Crippen molar-refractivity contribution >= 4 is 12.8 Å². The van der Waals surface area contributed by atoms with E-state index in [9.17, 15) is 0 Å². The molecule has 0 amide bonds. The van der Waals surface area contributed by atoms with Gasteiger partial charge in [0.05, 0.1) is 0 Å². The van der Waals surface area contributed by atoms with Crippen molar-refractivity contribution in [3.05, 3.63) is 12.2 Å². The third kappa shape index (κ3) is 5.71. The van der Waals surface area contributed by atoms with Crippen LogP contribution in [-0.2, 0) is 0 Å². The lowest BCUT2D eigenvalue weighted by molar-refractivity contribution is 0.335. The second-order valence-electron chi connectivity index (χ2n) is 4.20. The zero-order valence-electron chi connectivity index (χ0n) is 9.96. The fourth-order valence-electron chi connectivity index (χ4n) is 1.93. The van der Waals surface area contributed by atoms with Crippen LogP contribution in [0.15, 0.2) is 12.2 Å². The fraction of sp³-hybridized carbons (Fsp3) is 0.833. The van der Waals surface area contributed by atoms with E-state index in [1.165, 1.54) is 19.3 Å². The molecule has 0 aromatic carbocycles. The molecule has 0 aliphatic carbocycles. The molecule has 0 saturated carbocycles. The molecule has 0 aromatic heterocycles. The molecule has 0 aromatic rings. The van der Waals surface area contributed by atoms with Crippen molar-refractivity contribution in [1.29, 1.82) is 0 Å². The van der Waals surface area contributed by atoms with Crippen LogP contribution >= 0.6 is 12.8 Å². The summed E-state index contributed by atoms with van der Waals surface area (Å²) in [6, 6.07) is 0.502. The Balaban J connectivity index is 4.12. The summed E-state index contributed by atoms with van der Waals surface area (Å²) in [5, 5.41) is 0. The van der Waals surface area contributed by atoms with Gasteiger partial charge in [-0.2, -0.15) is 0 Å². The first-order valence-electron chi connectivity index (χ1n) is 5.68. The largest absolute Gasteiger partial charge is 0.264 e. The number of nitrogens with one attached hydrogen (secondary N) is 1. The highest BCUT2D eigenvalue weighted by atomic mass is 32.1. The fourth-order valence-corrected chi connectivity index (χ4v) is 2.04. The third-order valence-electron chi connectivity index (χ3n) is 2.78. The van der Waals surface area contributed by atoms with Gasteiger partial charge in [0, 0.05) is 6.04 Å². The Bertz CT molecular complexity index is 156. The summed E-state index contributed by atoms with van der Waals surface area (Å²) in [5.41, 5.74) is 0. The SMILES string of the molecule is CC=CC(C)C(CCC)CC(C)NS. The topological polar surface area (TPSA) is 12.0 Å². The van der Waals surface area contributed by atoms with Gasteiger partial charge in [0.1, 0.15) is 0 Å². The summed E-state index contributed by atoms with van der Waals surface area (Å²) < 4.78 is 3.02. The Morgan fingerprint density at radius 1 is 1.36 bits per heavy atom. The minimum atomic E-state index is 0.502. The maximum absolute atomic E-state index is 4.11. The van der Waals surface area contributed by atoms with Crippen LogP contribution in [-0.4, -0.2) is 6.04 Å². The lowest BCUT2D eigenvalue weighted by Gasteiger charge is -2.24. The van der Waals surface area contributed by atoms with Gasteiger partial charge in [-0.3, -0.25) is 4.72 Å². The van der Waals surface area contributed by atoms with Crippen molar-refractivity contribution in [3.63, 3.8) is 0 Å². The van der Waals surface area contributed by atoms with Crippen LogP contribution < -0.4 is 4.72 Å². The third-order valence-corrected chi connectivity index (χ3v) is 3.22. The van der Waals surface area contributed by atoms with Gasteiger partial charge < -0.3 is 0 Å². The van der Waals surface area contributed by atoms with E-state index >= 15 is 0 Å². The summed E-state index contributed by atoms with van der Waals surface area (Å²) in [5.74, 6) is 1.47. The van der Waals surface area contributed by atoms with Gasteiger partial charge in [0.25, 0.3) is 0 Å². The minimum absolute atomic E-state index is 0.502. The Morgan fingerprint density at radius 2 is 2.00 bits per heavy atom. The van der Waals surface area contributed by atoms with E-state index in [1.807, 2.05) is 0 Å². The number of allylic oxidation sites excluding steroid dienone is 2. The lowest BCUT2D eigenvalue weighted by atomic mass is 9.85. The highest BCUT2D eigenvalue weighted by Gasteiger charge is 2.16. The van der Waals surface area contributed by atoms with Crippen molar-refractivity contribution in [2.24, 2.45) is 11.8 Å². The smallest absolute Gasteiger partial charge is 0.0144 e. The molecule has 0 heterocycles. The molecule has 1 nitrogen and oxygen atoms in total. The van der Waals surface area contributed by atoms with Gasteiger partial charge in [0.15, 0.2) is 0 Å². The first kappa shape index (κ1) is 14.1. The van der Waals surface area contributed by atoms with Gasteiger partial charge in [0.2, 0.25) is 0 Å². The molecule has 0 spiro atoms. The maximum atomic E-state index is 4.11. The normalized spacial score (nSPS) is 18.4. The average Bonchev–Trinajstić information content (AvgIpc) is 2.17. The summed E-state index contributed by atoms with van der Waals surface area (Å²) in [6.07, 6.45) is 8.26. The van der Waals surface area contributed by atoms with Crippen molar-refractivity contribution in [2.45, 2.75) is 53.0 Å². The molecule has 84 valence electrons. The van der Waals surface area contributed by atoms with Crippen LogP contribution in [0.4, 0.5) is 0 Å². The number of thiol groups is 1. The molecule has 3 unspecified atom stereocenters. The molecule has 0 aliphatic heterocycles. The van der Waals surface area contributed by atoms with Crippen molar-refractivity contribution < 1.29 is 0 Å². The Morgan fingerprint density at radius 3 is 2.43 bits per heavy atom. The molecular weight excluding hydrogens is 190 g/mol. The Kier molecular flexibility index (Phi) is 8.40. The molecule has 0 radical (unpaired) electrons. The summed E-state index contributed by atoms with van der Waals surface area (Å²) in [6.45, 7) is 8.86. The van der Waals surface area contributed by atoms with Crippen LogP contribution in [0.2, 0.25) is 0 Å². The first-order chi connectivity index (χ1) is 6.65.